The fourth-order valence-corrected chi connectivity index (χ4v) is 3.33. The van der Waals surface area contributed by atoms with E-state index in [4.69, 9.17) is 0 Å². The summed E-state index contributed by atoms with van der Waals surface area (Å²) in [6, 6.07) is 11.9. The number of carbonyl (C=O) groups is 1. The lowest BCUT2D eigenvalue weighted by atomic mass is 10.2. The Morgan fingerprint density at radius 1 is 1.15 bits per heavy atom. The molecule has 1 fully saturated rings. The quantitative estimate of drug-likeness (QED) is 0.716. The fraction of sp³-hybridized carbons (Fsp3) is 0.286. The number of rotatable bonds is 4. The lowest BCUT2D eigenvalue weighted by Crippen LogP contribution is -2.42. The highest BCUT2D eigenvalue weighted by molar-refractivity contribution is 5.93. The van der Waals surface area contributed by atoms with Crippen LogP contribution in [0.5, 0.6) is 0 Å². The van der Waals surface area contributed by atoms with Crippen LogP contribution in [0.3, 0.4) is 0 Å². The lowest BCUT2D eigenvalue weighted by Gasteiger charge is -2.29. The Kier molecular flexibility index (Phi) is 4.39. The van der Waals surface area contributed by atoms with Crippen LogP contribution in [0.25, 0.3) is 11.4 Å². The number of aryl methyl sites for hydroxylation is 2. The molecule has 4 rings (SSSR count). The average molecular weight is 362 g/mol. The van der Waals surface area contributed by atoms with Gasteiger partial charge in [-0.2, -0.15) is 0 Å². The van der Waals surface area contributed by atoms with Crippen molar-refractivity contribution in [3.8, 4) is 11.4 Å². The van der Waals surface area contributed by atoms with Crippen LogP contribution in [-0.4, -0.2) is 38.0 Å². The van der Waals surface area contributed by atoms with Crippen LogP contribution in [0.15, 0.2) is 53.6 Å². The van der Waals surface area contributed by atoms with Gasteiger partial charge in [0.05, 0.1) is 0 Å². The molecule has 3 heterocycles. The molecule has 6 nitrogen and oxygen atoms in total. The van der Waals surface area contributed by atoms with Crippen LogP contribution in [0.1, 0.15) is 28.0 Å². The normalized spacial score (nSPS) is 13.5. The van der Waals surface area contributed by atoms with Gasteiger partial charge in [-0.25, -0.2) is 4.98 Å². The summed E-state index contributed by atoms with van der Waals surface area (Å²) in [4.78, 5) is 31.2. The van der Waals surface area contributed by atoms with Crippen LogP contribution < -0.4 is 5.56 Å². The van der Waals surface area contributed by atoms with Crippen LogP contribution in [-0.2, 0) is 13.6 Å². The SMILES string of the molecule is Cc1cc(-c2nc(C(=O)N3CCC3)cn2Cc2ccccc2)cn(C)c1=O. The van der Waals surface area contributed by atoms with E-state index in [1.807, 2.05) is 52.1 Å². The van der Waals surface area contributed by atoms with E-state index in [0.717, 1.165) is 30.6 Å². The van der Waals surface area contributed by atoms with Crippen molar-refractivity contribution in [3.63, 3.8) is 0 Å². The highest BCUT2D eigenvalue weighted by atomic mass is 16.2. The van der Waals surface area contributed by atoms with E-state index in [9.17, 15) is 9.59 Å². The summed E-state index contributed by atoms with van der Waals surface area (Å²) in [6.45, 7) is 3.98. The molecule has 0 bridgehead atoms. The number of hydrogen-bond donors (Lipinski definition) is 0. The van der Waals surface area contributed by atoms with E-state index >= 15 is 0 Å². The zero-order chi connectivity index (χ0) is 19.0. The van der Waals surface area contributed by atoms with Crippen molar-refractivity contribution in [2.24, 2.45) is 7.05 Å². The van der Waals surface area contributed by atoms with Gasteiger partial charge in [-0.1, -0.05) is 30.3 Å². The van der Waals surface area contributed by atoms with Crippen LogP contribution in [0.2, 0.25) is 0 Å². The molecule has 0 aliphatic carbocycles. The number of pyridine rings is 1. The summed E-state index contributed by atoms with van der Waals surface area (Å²) < 4.78 is 3.55. The fourth-order valence-electron chi connectivity index (χ4n) is 3.33. The molecule has 27 heavy (non-hydrogen) atoms. The van der Waals surface area contributed by atoms with E-state index in [1.54, 1.807) is 24.7 Å². The predicted molar refractivity (Wildman–Crippen MR) is 104 cm³/mol. The summed E-state index contributed by atoms with van der Waals surface area (Å²) in [6.07, 6.45) is 4.64. The summed E-state index contributed by atoms with van der Waals surface area (Å²) >= 11 is 0. The first kappa shape index (κ1) is 17.3. The Morgan fingerprint density at radius 3 is 2.52 bits per heavy atom. The summed E-state index contributed by atoms with van der Waals surface area (Å²) in [7, 11) is 1.73. The summed E-state index contributed by atoms with van der Waals surface area (Å²) in [5.41, 5.74) is 3.03. The highest BCUT2D eigenvalue weighted by Gasteiger charge is 2.25. The van der Waals surface area contributed by atoms with Crippen molar-refractivity contribution in [2.75, 3.05) is 13.1 Å². The first-order valence-electron chi connectivity index (χ1n) is 9.11. The third kappa shape index (κ3) is 3.30. The average Bonchev–Trinajstić information content (AvgIpc) is 3.02. The van der Waals surface area contributed by atoms with E-state index in [-0.39, 0.29) is 11.5 Å². The second-order valence-corrected chi connectivity index (χ2v) is 7.04. The maximum absolute atomic E-state index is 12.7. The Labute approximate surface area is 157 Å². The Morgan fingerprint density at radius 2 is 1.89 bits per heavy atom. The van der Waals surface area contributed by atoms with Crippen molar-refractivity contribution in [1.82, 2.24) is 19.0 Å². The molecule has 0 N–H and O–H groups in total. The molecule has 0 radical (unpaired) electrons. The number of aromatic nitrogens is 3. The van der Waals surface area contributed by atoms with Gasteiger partial charge in [0.25, 0.3) is 11.5 Å². The van der Waals surface area contributed by atoms with Gasteiger partial charge in [-0.3, -0.25) is 9.59 Å². The van der Waals surface area contributed by atoms with Gasteiger partial charge in [0, 0.05) is 50.2 Å². The second kappa shape index (κ2) is 6.87. The first-order chi connectivity index (χ1) is 13.0. The maximum atomic E-state index is 12.7. The first-order valence-corrected chi connectivity index (χ1v) is 9.11. The van der Waals surface area contributed by atoms with Crippen LogP contribution in [0, 0.1) is 6.92 Å². The number of amides is 1. The largest absolute Gasteiger partial charge is 0.337 e. The Hall–Kier alpha value is -3.15. The van der Waals surface area contributed by atoms with Gasteiger partial charge < -0.3 is 14.0 Å². The third-order valence-electron chi connectivity index (χ3n) is 4.96. The van der Waals surface area contributed by atoms with Crippen molar-refractivity contribution in [1.29, 1.82) is 0 Å². The standard InChI is InChI=1S/C21H22N4O2/c1-15-11-17(13-23(2)20(15)26)19-22-18(21(27)24-9-6-10-24)14-25(19)12-16-7-4-3-5-8-16/h3-5,7-8,11,13-14H,6,9-10,12H2,1-2H3. The molecular formula is C21H22N4O2. The Bertz CT molecular complexity index is 1020. The molecule has 1 amide bonds. The van der Waals surface area contributed by atoms with Gasteiger partial charge in [-0.15, -0.1) is 0 Å². The van der Waals surface area contributed by atoms with Gasteiger partial charge in [0.1, 0.15) is 11.5 Å². The zero-order valence-corrected chi connectivity index (χ0v) is 15.6. The second-order valence-electron chi connectivity index (χ2n) is 7.04. The predicted octanol–water partition coefficient (Wildman–Crippen LogP) is 2.45. The Balaban J connectivity index is 1.79. The van der Waals surface area contributed by atoms with E-state index in [1.165, 1.54) is 0 Å². The van der Waals surface area contributed by atoms with Gasteiger partial charge in [0.15, 0.2) is 0 Å². The minimum atomic E-state index is -0.0316. The van der Waals surface area contributed by atoms with Crippen LogP contribution in [0.4, 0.5) is 0 Å². The van der Waals surface area contributed by atoms with Gasteiger partial charge >= 0.3 is 0 Å². The molecule has 138 valence electrons. The van der Waals surface area contributed by atoms with Crippen molar-refractivity contribution < 1.29 is 4.79 Å². The molecule has 0 spiro atoms. The topological polar surface area (TPSA) is 60.1 Å². The number of hydrogen-bond acceptors (Lipinski definition) is 3. The molecule has 0 atom stereocenters. The molecular weight excluding hydrogens is 340 g/mol. The van der Waals surface area contributed by atoms with E-state index < -0.39 is 0 Å². The van der Waals surface area contributed by atoms with Crippen molar-refractivity contribution in [3.05, 3.63) is 76.0 Å². The van der Waals surface area contributed by atoms with Crippen molar-refractivity contribution in [2.45, 2.75) is 19.9 Å². The number of nitrogens with zero attached hydrogens (tertiary/aromatic N) is 4. The number of carbonyl (C=O) groups excluding carboxylic acids is 1. The van der Waals surface area contributed by atoms with Gasteiger partial charge in [-0.05, 0) is 25.0 Å². The monoisotopic (exact) mass is 362 g/mol. The number of imidazole rings is 1. The van der Waals surface area contributed by atoms with Gasteiger partial charge in [0.2, 0.25) is 0 Å². The minimum Gasteiger partial charge on any atom is -0.337 e. The number of likely N-dealkylation sites (tertiary alicyclic amines) is 1. The molecule has 3 aromatic rings. The lowest BCUT2D eigenvalue weighted by molar-refractivity contribution is 0.0646. The molecule has 0 saturated carbocycles. The number of benzene rings is 1. The molecule has 6 heteroatoms. The molecule has 2 aromatic heterocycles. The van der Waals surface area contributed by atoms with Crippen LogP contribution >= 0.6 is 0 Å². The molecule has 1 aromatic carbocycles. The summed E-state index contributed by atoms with van der Waals surface area (Å²) in [5, 5.41) is 0. The summed E-state index contributed by atoms with van der Waals surface area (Å²) in [5.74, 6) is 0.664. The smallest absolute Gasteiger partial charge is 0.274 e. The van der Waals surface area contributed by atoms with E-state index in [2.05, 4.69) is 4.98 Å². The zero-order valence-electron chi connectivity index (χ0n) is 15.6. The molecule has 1 saturated heterocycles. The minimum absolute atomic E-state index is 0.0307. The molecule has 1 aliphatic rings. The maximum Gasteiger partial charge on any atom is 0.274 e. The molecule has 0 unspecified atom stereocenters. The third-order valence-corrected chi connectivity index (χ3v) is 4.96. The van der Waals surface area contributed by atoms with Crippen molar-refractivity contribution >= 4 is 5.91 Å². The highest BCUT2D eigenvalue weighted by Crippen LogP contribution is 2.22. The molecule has 1 aliphatic heterocycles. The van der Waals surface area contributed by atoms with E-state index in [0.29, 0.717) is 23.6 Å².